The van der Waals surface area contributed by atoms with Crippen LogP contribution in [0.4, 0.5) is 11.4 Å². The van der Waals surface area contributed by atoms with E-state index in [9.17, 15) is 4.79 Å². The van der Waals surface area contributed by atoms with Crippen molar-refractivity contribution in [1.82, 2.24) is 0 Å². The van der Waals surface area contributed by atoms with Gasteiger partial charge >= 0.3 is 0 Å². The number of ether oxygens (including phenoxy) is 2. The van der Waals surface area contributed by atoms with Crippen molar-refractivity contribution in [1.29, 1.82) is 0 Å². The highest BCUT2D eigenvalue weighted by Gasteiger charge is 2.39. The maximum absolute atomic E-state index is 12.8. The Balaban J connectivity index is 1.98. The van der Waals surface area contributed by atoms with Gasteiger partial charge in [-0.15, -0.1) is 0 Å². The molecular formula is C17H24N2O3. The number of carbonyl (C=O) groups excluding carboxylic acids is 1. The van der Waals surface area contributed by atoms with Crippen molar-refractivity contribution in [2.45, 2.75) is 45.6 Å². The highest BCUT2D eigenvalue weighted by atomic mass is 16.6. The van der Waals surface area contributed by atoms with Crippen LogP contribution in [0.25, 0.3) is 0 Å². The molecule has 0 aromatic heterocycles. The Morgan fingerprint density at radius 3 is 2.55 bits per heavy atom. The van der Waals surface area contributed by atoms with Gasteiger partial charge < -0.3 is 19.7 Å². The summed E-state index contributed by atoms with van der Waals surface area (Å²) in [6.07, 6.45) is 3.27. The van der Waals surface area contributed by atoms with E-state index in [-0.39, 0.29) is 5.91 Å². The topological polar surface area (TPSA) is 50.8 Å². The zero-order valence-electron chi connectivity index (χ0n) is 13.6. The summed E-state index contributed by atoms with van der Waals surface area (Å²) in [7, 11) is 0. The summed E-state index contributed by atoms with van der Waals surface area (Å²) in [6, 6.07) is 3.88. The van der Waals surface area contributed by atoms with Crippen molar-refractivity contribution in [3.63, 3.8) is 0 Å². The predicted molar refractivity (Wildman–Crippen MR) is 87.0 cm³/mol. The second-order valence-corrected chi connectivity index (χ2v) is 6.43. The Hall–Kier alpha value is -1.91. The number of amides is 1. The molecule has 0 saturated heterocycles. The van der Waals surface area contributed by atoms with Crippen LogP contribution in [0.3, 0.4) is 0 Å². The maximum atomic E-state index is 12.8. The molecule has 0 spiro atoms. The van der Waals surface area contributed by atoms with Crippen LogP contribution in [0, 0.1) is 0 Å². The molecule has 1 amide bonds. The van der Waals surface area contributed by atoms with E-state index >= 15 is 0 Å². The van der Waals surface area contributed by atoms with Crippen LogP contribution < -0.4 is 19.7 Å². The molecule has 1 aromatic rings. The Bertz CT molecular complexity index is 584. The number of nitrogens with one attached hydrogen (secondary N) is 1. The molecule has 2 aliphatic heterocycles. The quantitative estimate of drug-likeness (QED) is 0.868. The number of hydrogen-bond donors (Lipinski definition) is 1. The lowest BCUT2D eigenvalue weighted by Gasteiger charge is -2.40. The lowest BCUT2D eigenvalue weighted by Crippen LogP contribution is -2.54. The standard InChI is InChI=1S/C17H24N2O3/c1-4-5-6-7-19-13-11-15-14(21-8-9-22-15)10-12(13)18-17(2,3)16(19)20/h10-11,18H,4-9H2,1-3H3. The number of unbranched alkanes of at least 4 members (excludes halogenated alkanes) is 2. The molecular weight excluding hydrogens is 280 g/mol. The minimum Gasteiger partial charge on any atom is -0.486 e. The van der Waals surface area contributed by atoms with E-state index in [4.69, 9.17) is 9.47 Å². The second kappa shape index (κ2) is 5.71. The first-order chi connectivity index (χ1) is 10.5. The molecule has 2 aliphatic rings. The molecule has 5 heteroatoms. The van der Waals surface area contributed by atoms with E-state index in [0.29, 0.717) is 13.2 Å². The Labute approximate surface area is 131 Å². The van der Waals surface area contributed by atoms with Crippen LogP contribution in [0.1, 0.15) is 40.0 Å². The van der Waals surface area contributed by atoms with Crippen molar-refractivity contribution in [3.05, 3.63) is 12.1 Å². The highest BCUT2D eigenvalue weighted by molar-refractivity contribution is 6.07. The lowest BCUT2D eigenvalue weighted by molar-refractivity contribution is -0.122. The van der Waals surface area contributed by atoms with Gasteiger partial charge in [-0.1, -0.05) is 19.8 Å². The molecule has 1 N–H and O–H groups in total. The van der Waals surface area contributed by atoms with Crippen molar-refractivity contribution in [2.24, 2.45) is 0 Å². The molecule has 2 heterocycles. The smallest absolute Gasteiger partial charge is 0.252 e. The molecule has 22 heavy (non-hydrogen) atoms. The molecule has 3 rings (SSSR count). The highest BCUT2D eigenvalue weighted by Crippen LogP contribution is 2.44. The Morgan fingerprint density at radius 1 is 1.18 bits per heavy atom. The number of nitrogens with zero attached hydrogens (tertiary/aromatic N) is 1. The van der Waals surface area contributed by atoms with Gasteiger partial charge in [0.1, 0.15) is 18.8 Å². The Morgan fingerprint density at radius 2 is 1.86 bits per heavy atom. The molecule has 0 radical (unpaired) electrons. The van der Waals surface area contributed by atoms with E-state index in [1.807, 2.05) is 30.9 Å². The SMILES string of the molecule is CCCCCN1C(=O)C(C)(C)Nc2cc3c(cc21)OCCO3. The largest absolute Gasteiger partial charge is 0.486 e. The van der Waals surface area contributed by atoms with E-state index in [0.717, 1.165) is 48.7 Å². The van der Waals surface area contributed by atoms with Crippen molar-refractivity contribution < 1.29 is 14.3 Å². The van der Waals surface area contributed by atoms with Gasteiger partial charge in [-0.25, -0.2) is 0 Å². The van der Waals surface area contributed by atoms with Crippen LogP contribution in [0.5, 0.6) is 11.5 Å². The molecule has 0 saturated carbocycles. The Kier molecular flexibility index (Phi) is 3.89. The van der Waals surface area contributed by atoms with Gasteiger partial charge in [0.2, 0.25) is 0 Å². The van der Waals surface area contributed by atoms with E-state index in [1.54, 1.807) is 0 Å². The predicted octanol–water partition coefficient (Wildman–Crippen LogP) is 3.19. The van der Waals surface area contributed by atoms with Gasteiger partial charge in [-0.3, -0.25) is 4.79 Å². The molecule has 0 unspecified atom stereocenters. The lowest BCUT2D eigenvalue weighted by atomic mass is 9.97. The summed E-state index contributed by atoms with van der Waals surface area (Å²) in [6.45, 7) is 7.86. The average Bonchev–Trinajstić information content (AvgIpc) is 2.49. The van der Waals surface area contributed by atoms with Gasteiger partial charge in [0.25, 0.3) is 5.91 Å². The molecule has 0 atom stereocenters. The zero-order valence-corrected chi connectivity index (χ0v) is 13.6. The fourth-order valence-electron chi connectivity index (χ4n) is 2.98. The van der Waals surface area contributed by atoms with Gasteiger partial charge in [0, 0.05) is 18.7 Å². The molecule has 120 valence electrons. The summed E-state index contributed by atoms with van der Waals surface area (Å²) in [5, 5.41) is 3.33. The first kappa shape index (κ1) is 15.0. The summed E-state index contributed by atoms with van der Waals surface area (Å²) in [5.41, 5.74) is 1.22. The third-order valence-corrected chi connectivity index (χ3v) is 4.16. The van der Waals surface area contributed by atoms with Crippen molar-refractivity contribution in [2.75, 3.05) is 30.0 Å². The number of fused-ring (bicyclic) bond motifs is 2. The summed E-state index contributed by atoms with van der Waals surface area (Å²) < 4.78 is 11.3. The van der Waals surface area contributed by atoms with Crippen LogP contribution in [0.15, 0.2) is 12.1 Å². The third kappa shape index (κ3) is 2.60. The molecule has 0 fully saturated rings. The monoisotopic (exact) mass is 304 g/mol. The minimum atomic E-state index is -0.608. The average molecular weight is 304 g/mol. The minimum absolute atomic E-state index is 0.104. The number of rotatable bonds is 4. The molecule has 0 bridgehead atoms. The van der Waals surface area contributed by atoms with Gasteiger partial charge in [0.05, 0.1) is 11.4 Å². The van der Waals surface area contributed by atoms with Gasteiger partial charge in [0.15, 0.2) is 11.5 Å². The van der Waals surface area contributed by atoms with Crippen LogP contribution in [-0.4, -0.2) is 31.2 Å². The first-order valence-electron chi connectivity index (χ1n) is 8.06. The first-order valence-corrected chi connectivity index (χ1v) is 8.06. The van der Waals surface area contributed by atoms with E-state index in [1.165, 1.54) is 0 Å². The van der Waals surface area contributed by atoms with E-state index < -0.39 is 5.54 Å². The number of benzene rings is 1. The summed E-state index contributed by atoms with van der Waals surface area (Å²) >= 11 is 0. The van der Waals surface area contributed by atoms with Crippen LogP contribution >= 0.6 is 0 Å². The maximum Gasteiger partial charge on any atom is 0.252 e. The fraction of sp³-hybridized carbons (Fsp3) is 0.588. The van der Waals surface area contributed by atoms with Crippen LogP contribution in [0.2, 0.25) is 0 Å². The number of carbonyl (C=O) groups is 1. The van der Waals surface area contributed by atoms with Crippen LogP contribution in [-0.2, 0) is 4.79 Å². The van der Waals surface area contributed by atoms with Gasteiger partial charge in [-0.2, -0.15) is 0 Å². The number of hydrogen-bond acceptors (Lipinski definition) is 4. The molecule has 5 nitrogen and oxygen atoms in total. The van der Waals surface area contributed by atoms with Crippen molar-refractivity contribution in [3.8, 4) is 11.5 Å². The normalized spacial score (nSPS) is 18.7. The van der Waals surface area contributed by atoms with Gasteiger partial charge in [-0.05, 0) is 20.3 Å². The van der Waals surface area contributed by atoms with Crippen molar-refractivity contribution >= 4 is 17.3 Å². The second-order valence-electron chi connectivity index (χ2n) is 6.43. The van der Waals surface area contributed by atoms with E-state index in [2.05, 4.69) is 12.2 Å². The molecule has 0 aliphatic carbocycles. The fourth-order valence-corrected chi connectivity index (χ4v) is 2.98. The number of anilines is 2. The molecule has 1 aromatic carbocycles. The zero-order chi connectivity index (χ0) is 15.7. The third-order valence-electron chi connectivity index (χ3n) is 4.16. The summed E-state index contributed by atoms with van der Waals surface area (Å²) in [4.78, 5) is 14.7. The summed E-state index contributed by atoms with van der Waals surface area (Å²) in [5.74, 6) is 1.57.